The van der Waals surface area contributed by atoms with Crippen molar-refractivity contribution < 1.29 is 9.18 Å². The predicted octanol–water partition coefficient (Wildman–Crippen LogP) is 3.24. The Kier molecular flexibility index (Phi) is 4.44. The molecular formula is C19H21FN2O. The van der Waals surface area contributed by atoms with E-state index < -0.39 is 0 Å². The van der Waals surface area contributed by atoms with Gasteiger partial charge < -0.3 is 4.90 Å². The van der Waals surface area contributed by atoms with Crippen molar-refractivity contribution in [3.8, 4) is 0 Å². The number of carbonyl (C=O) groups excluding carboxylic acids is 1. The fraction of sp³-hybridized carbons (Fsp3) is 0.316. The summed E-state index contributed by atoms with van der Waals surface area (Å²) in [6.45, 7) is 3.18. The van der Waals surface area contributed by atoms with Crippen LogP contribution in [0.1, 0.15) is 18.1 Å². The highest BCUT2D eigenvalue weighted by molar-refractivity contribution is 5.98. The second kappa shape index (κ2) is 6.50. The molecule has 2 aromatic rings. The molecule has 0 N–H and O–H groups in total. The van der Waals surface area contributed by atoms with Crippen molar-refractivity contribution in [1.29, 1.82) is 0 Å². The van der Waals surface area contributed by atoms with Crippen LogP contribution < -0.4 is 4.90 Å². The first-order valence-electron chi connectivity index (χ1n) is 7.90. The summed E-state index contributed by atoms with van der Waals surface area (Å²) in [7, 11) is 1.90. The van der Waals surface area contributed by atoms with Crippen LogP contribution in [0.2, 0.25) is 0 Å². The van der Waals surface area contributed by atoms with Gasteiger partial charge in [-0.25, -0.2) is 4.39 Å². The van der Waals surface area contributed by atoms with E-state index in [-0.39, 0.29) is 17.8 Å². The topological polar surface area (TPSA) is 23.6 Å². The van der Waals surface area contributed by atoms with Crippen LogP contribution in [0, 0.1) is 5.82 Å². The van der Waals surface area contributed by atoms with Crippen molar-refractivity contribution in [2.75, 3.05) is 18.5 Å². The molecule has 0 saturated heterocycles. The molecule has 1 aliphatic rings. The number of rotatable bonds is 4. The zero-order valence-electron chi connectivity index (χ0n) is 13.5. The maximum absolute atomic E-state index is 13.3. The Balaban J connectivity index is 1.70. The van der Waals surface area contributed by atoms with E-state index in [2.05, 4.69) is 6.07 Å². The van der Waals surface area contributed by atoms with Crippen LogP contribution in [-0.2, 0) is 17.8 Å². The van der Waals surface area contributed by atoms with Crippen LogP contribution in [0.4, 0.5) is 10.1 Å². The lowest BCUT2D eigenvalue weighted by Gasteiger charge is -2.28. The van der Waals surface area contributed by atoms with Crippen LogP contribution >= 0.6 is 0 Å². The van der Waals surface area contributed by atoms with Crippen LogP contribution in [0.25, 0.3) is 0 Å². The molecule has 0 aliphatic carbocycles. The fourth-order valence-corrected chi connectivity index (χ4v) is 3.04. The second-order valence-corrected chi connectivity index (χ2v) is 6.09. The van der Waals surface area contributed by atoms with E-state index in [0.29, 0.717) is 6.54 Å². The van der Waals surface area contributed by atoms with Gasteiger partial charge in [0.1, 0.15) is 5.82 Å². The number of carbonyl (C=O) groups is 1. The van der Waals surface area contributed by atoms with Gasteiger partial charge in [-0.2, -0.15) is 0 Å². The third-order valence-corrected chi connectivity index (χ3v) is 4.49. The van der Waals surface area contributed by atoms with Gasteiger partial charge in [0.2, 0.25) is 5.91 Å². The quantitative estimate of drug-likeness (QED) is 0.865. The van der Waals surface area contributed by atoms with E-state index in [0.717, 1.165) is 24.2 Å². The normalized spacial score (nSPS) is 14.9. The monoisotopic (exact) mass is 312 g/mol. The lowest BCUT2D eigenvalue weighted by Crippen LogP contribution is -2.45. The number of anilines is 1. The number of amides is 1. The fourth-order valence-electron chi connectivity index (χ4n) is 3.04. The highest BCUT2D eigenvalue weighted by Crippen LogP contribution is 2.28. The molecule has 0 aromatic heterocycles. The first kappa shape index (κ1) is 15.7. The highest BCUT2D eigenvalue weighted by atomic mass is 19.1. The van der Waals surface area contributed by atoms with Crippen molar-refractivity contribution in [2.24, 2.45) is 0 Å². The van der Waals surface area contributed by atoms with Crippen LogP contribution in [-0.4, -0.2) is 30.4 Å². The molecule has 3 rings (SSSR count). The Morgan fingerprint density at radius 3 is 2.83 bits per heavy atom. The second-order valence-electron chi connectivity index (χ2n) is 6.09. The first-order valence-corrected chi connectivity index (χ1v) is 7.90. The molecule has 23 heavy (non-hydrogen) atoms. The van der Waals surface area contributed by atoms with Gasteiger partial charge in [0.25, 0.3) is 0 Å². The summed E-state index contributed by atoms with van der Waals surface area (Å²) in [5, 5.41) is 0. The van der Waals surface area contributed by atoms with Gasteiger partial charge in [-0.05, 0) is 49.7 Å². The van der Waals surface area contributed by atoms with Gasteiger partial charge in [0, 0.05) is 18.8 Å². The Morgan fingerprint density at radius 2 is 2.04 bits per heavy atom. The zero-order chi connectivity index (χ0) is 16.4. The molecule has 1 amide bonds. The molecule has 3 nitrogen and oxygen atoms in total. The van der Waals surface area contributed by atoms with Crippen LogP contribution in [0.3, 0.4) is 0 Å². The molecule has 1 heterocycles. The summed E-state index contributed by atoms with van der Waals surface area (Å²) in [6.07, 6.45) is 0.905. The Labute approximate surface area is 136 Å². The number of benzene rings is 2. The first-order chi connectivity index (χ1) is 11.1. The molecule has 0 radical (unpaired) electrons. The van der Waals surface area contributed by atoms with E-state index in [1.807, 2.05) is 48.0 Å². The lowest BCUT2D eigenvalue weighted by atomic mass is 10.1. The SMILES string of the molecule is CC(C(=O)N1CCc2ccccc21)N(C)Cc1cccc(F)c1. The third kappa shape index (κ3) is 3.27. The molecule has 1 atom stereocenters. The number of hydrogen-bond donors (Lipinski definition) is 0. The number of hydrogen-bond acceptors (Lipinski definition) is 2. The summed E-state index contributed by atoms with van der Waals surface area (Å²) in [5.74, 6) is -0.155. The Bertz CT molecular complexity index is 716. The molecule has 0 fully saturated rings. The van der Waals surface area contributed by atoms with Crippen molar-refractivity contribution in [3.05, 3.63) is 65.5 Å². The summed E-state index contributed by atoms with van der Waals surface area (Å²) < 4.78 is 13.3. The molecule has 120 valence electrons. The maximum Gasteiger partial charge on any atom is 0.244 e. The molecule has 4 heteroatoms. The largest absolute Gasteiger partial charge is 0.310 e. The molecule has 0 bridgehead atoms. The lowest BCUT2D eigenvalue weighted by molar-refractivity contribution is -0.122. The number of likely N-dealkylation sites (N-methyl/N-ethyl adjacent to an activating group) is 1. The van der Waals surface area contributed by atoms with Crippen molar-refractivity contribution in [1.82, 2.24) is 4.90 Å². The van der Waals surface area contributed by atoms with E-state index in [9.17, 15) is 9.18 Å². The summed E-state index contributed by atoms with van der Waals surface area (Å²) in [6, 6.07) is 14.3. The van der Waals surface area contributed by atoms with Gasteiger partial charge in [-0.3, -0.25) is 9.69 Å². The van der Waals surface area contributed by atoms with Gasteiger partial charge >= 0.3 is 0 Å². The van der Waals surface area contributed by atoms with E-state index in [1.165, 1.54) is 17.7 Å². The number of fused-ring (bicyclic) bond motifs is 1. The molecule has 0 saturated carbocycles. The molecule has 1 unspecified atom stereocenters. The minimum atomic E-state index is -0.260. The minimum Gasteiger partial charge on any atom is -0.310 e. The zero-order valence-corrected chi connectivity index (χ0v) is 13.5. The van der Waals surface area contributed by atoms with Gasteiger partial charge in [-0.1, -0.05) is 30.3 Å². The van der Waals surface area contributed by atoms with Crippen molar-refractivity contribution >= 4 is 11.6 Å². The number of nitrogens with zero attached hydrogens (tertiary/aromatic N) is 2. The van der Waals surface area contributed by atoms with Crippen LogP contribution in [0.15, 0.2) is 48.5 Å². The van der Waals surface area contributed by atoms with E-state index >= 15 is 0 Å². The average molecular weight is 312 g/mol. The standard InChI is InChI=1S/C19H21FN2O/c1-14(21(2)13-15-6-5-8-17(20)12-15)19(23)22-11-10-16-7-3-4-9-18(16)22/h3-9,12,14H,10-11,13H2,1-2H3. The third-order valence-electron chi connectivity index (χ3n) is 4.49. The van der Waals surface area contributed by atoms with Gasteiger partial charge in [-0.15, -0.1) is 0 Å². The molecule has 2 aromatic carbocycles. The maximum atomic E-state index is 13.3. The summed E-state index contributed by atoms with van der Waals surface area (Å²) in [5.41, 5.74) is 3.11. The van der Waals surface area contributed by atoms with E-state index in [1.54, 1.807) is 6.07 Å². The predicted molar refractivity (Wildman–Crippen MR) is 89.8 cm³/mol. The van der Waals surface area contributed by atoms with Crippen LogP contribution in [0.5, 0.6) is 0 Å². The number of halogens is 1. The van der Waals surface area contributed by atoms with Gasteiger partial charge in [0.15, 0.2) is 0 Å². The van der Waals surface area contributed by atoms with Crippen molar-refractivity contribution in [3.63, 3.8) is 0 Å². The van der Waals surface area contributed by atoms with Gasteiger partial charge in [0.05, 0.1) is 6.04 Å². The summed E-state index contributed by atoms with van der Waals surface area (Å²) in [4.78, 5) is 16.6. The Hall–Kier alpha value is -2.20. The van der Waals surface area contributed by atoms with E-state index in [4.69, 9.17) is 0 Å². The van der Waals surface area contributed by atoms with Crippen molar-refractivity contribution in [2.45, 2.75) is 25.9 Å². The summed E-state index contributed by atoms with van der Waals surface area (Å²) >= 11 is 0. The smallest absolute Gasteiger partial charge is 0.244 e. The minimum absolute atomic E-state index is 0.0915. The Morgan fingerprint density at radius 1 is 1.26 bits per heavy atom. The number of para-hydroxylation sites is 1. The molecule has 0 spiro atoms. The highest BCUT2D eigenvalue weighted by Gasteiger charge is 2.29. The molecule has 1 aliphatic heterocycles. The average Bonchev–Trinajstić information content (AvgIpc) is 2.97. The molecular weight excluding hydrogens is 291 g/mol.